The third-order valence-electron chi connectivity index (χ3n) is 19.7. The molecule has 0 saturated heterocycles. The lowest BCUT2D eigenvalue weighted by Crippen LogP contribution is -2.47. The van der Waals surface area contributed by atoms with Gasteiger partial charge in [-0.05, 0) is 124 Å². The maximum atomic E-state index is 5.59. The molecule has 0 fully saturated rings. The van der Waals surface area contributed by atoms with Gasteiger partial charge in [0.25, 0.3) is 0 Å². The van der Waals surface area contributed by atoms with E-state index in [0.29, 0.717) is 23.3 Å². The Morgan fingerprint density at radius 2 is 0.511 bits per heavy atom. The fraction of sp³-hybridized carbons (Fsp3) is 0.579. The molecule has 3 aromatic heterocycles. The minimum atomic E-state index is 0.640. The van der Waals surface area contributed by atoms with E-state index >= 15 is 0 Å². The van der Waals surface area contributed by atoms with Crippen molar-refractivity contribution in [1.82, 2.24) is 39.9 Å². The summed E-state index contributed by atoms with van der Waals surface area (Å²) in [5.74, 6) is 6.72. The van der Waals surface area contributed by atoms with Crippen molar-refractivity contribution in [2.75, 3.05) is 130 Å². The third kappa shape index (κ3) is 18.9. The summed E-state index contributed by atoms with van der Waals surface area (Å²) in [7, 11) is 9.87. The Morgan fingerprint density at radius 3 is 0.783 bits per heavy atom. The van der Waals surface area contributed by atoms with Gasteiger partial charge in [-0.2, -0.15) is 0 Å². The van der Waals surface area contributed by atoms with E-state index < -0.39 is 0 Å². The number of unbranched alkanes of at least 4 members (excludes halogenated alkanes) is 8. The zero-order valence-corrected chi connectivity index (χ0v) is 61.9. The first-order valence-electron chi connectivity index (χ1n) is 35.8. The van der Waals surface area contributed by atoms with E-state index in [1.807, 2.05) is 47.0 Å². The van der Waals surface area contributed by atoms with Crippen LogP contribution in [0.15, 0.2) is 92.4 Å². The van der Waals surface area contributed by atoms with Crippen LogP contribution in [-0.2, 0) is 0 Å². The van der Waals surface area contributed by atoms with Gasteiger partial charge in [0, 0.05) is 86.4 Å². The molecule has 8 bridgehead atoms. The molecular formula is C76H114N12S4+4. The molecule has 0 amide bonds. The van der Waals surface area contributed by atoms with E-state index in [1.165, 1.54) is 175 Å². The number of aromatic nitrogens is 8. The van der Waals surface area contributed by atoms with Gasteiger partial charge in [-0.25, -0.2) is 29.9 Å². The van der Waals surface area contributed by atoms with E-state index in [0.717, 1.165) is 134 Å². The van der Waals surface area contributed by atoms with Crippen LogP contribution in [0.5, 0.6) is 0 Å². The predicted molar refractivity (Wildman–Crippen MR) is 401 cm³/mol. The highest BCUT2D eigenvalue weighted by Gasteiger charge is 2.28. The molecule has 0 unspecified atom stereocenters. The smallest absolute Gasteiger partial charge is 0.164 e. The largest absolute Gasteiger partial charge is 0.325 e. The number of hydrogen-bond acceptors (Lipinski definition) is 10. The Bertz CT molecular complexity index is 3420. The van der Waals surface area contributed by atoms with Crippen LogP contribution < -0.4 is 0 Å². The number of nitrogens with zero attached hydrogens (tertiary/aromatic N) is 10. The normalized spacial score (nSPS) is 12.8. The van der Waals surface area contributed by atoms with Crippen LogP contribution in [0.2, 0.25) is 0 Å². The van der Waals surface area contributed by atoms with Crippen LogP contribution in [0.3, 0.4) is 0 Å². The minimum Gasteiger partial charge on any atom is -0.325 e. The van der Waals surface area contributed by atoms with Gasteiger partial charge in [0.05, 0.1) is 107 Å². The first-order valence-corrected chi connectivity index (χ1v) is 39.8. The second-order valence-electron chi connectivity index (χ2n) is 27.8. The maximum Gasteiger partial charge on any atom is 0.164 e. The highest BCUT2D eigenvalue weighted by atomic mass is 32.2. The lowest BCUT2D eigenvalue weighted by Gasteiger charge is -2.34. The summed E-state index contributed by atoms with van der Waals surface area (Å²) in [5.41, 5.74) is 6.85. The van der Waals surface area contributed by atoms with E-state index in [-0.39, 0.29) is 0 Å². The van der Waals surface area contributed by atoms with Crippen LogP contribution in [0.1, 0.15) is 158 Å². The lowest BCUT2D eigenvalue weighted by molar-refractivity contribution is -0.907. The maximum absolute atomic E-state index is 5.59. The van der Waals surface area contributed by atoms with Crippen molar-refractivity contribution in [3.8, 4) is 45.6 Å². The molecule has 2 aliphatic rings. The number of nitrogens with one attached hydrogen (secondary N) is 2. The number of fused-ring (bicyclic) bond motifs is 20. The fourth-order valence-corrected chi connectivity index (χ4v) is 17.8. The highest BCUT2D eigenvalue weighted by Crippen LogP contribution is 2.41. The quantitative estimate of drug-likeness (QED) is 0.0285. The molecule has 498 valence electrons. The standard InChI is InChI=1S/C76H114N12S4/c1-13-21-37-85(9,38-22-14-2)45-49-89-57-29-33-61-65(53-57)73-77-69(61)82-74-67-55-59(91-51-47-87(11,41-25-17-5)42-26-18-6)31-35-63(67)71(79-74)84-76-68-56-60(92-52-48-88(12,43-27-19-7)44-28-20-8)32-36-64(68)72(80-76)83-75-66-54-58(30-34-62(66)70(78-75)81-73)90-50-46-86(10,39-23-15-3)40-24-16-4/h29-36,53-56H,13-28,37-52H2,1-12H3,(H2,77,78,79,80,81,82,83,84)/q+4. The molecular weight excluding hydrogens is 1210 g/mol. The van der Waals surface area contributed by atoms with Crippen molar-refractivity contribution in [2.45, 2.75) is 178 Å². The van der Waals surface area contributed by atoms with Gasteiger partial charge in [-0.1, -0.05) is 107 Å². The molecule has 0 spiro atoms. The van der Waals surface area contributed by atoms with Gasteiger partial charge in [-0.15, -0.1) is 47.0 Å². The van der Waals surface area contributed by atoms with Crippen LogP contribution in [0.4, 0.5) is 0 Å². The minimum absolute atomic E-state index is 0.640. The van der Waals surface area contributed by atoms with Gasteiger partial charge in [0.1, 0.15) is 22.6 Å². The molecule has 0 saturated carbocycles. The van der Waals surface area contributed by atoms with Crippen molar-refractivity contribution >= 4 is 91.2 Å². The first kappa shape index (κ1) is 71.8. The molecule has 92 heavy (non-hydrogen) atoms. The Labute approximate surface area is 571 Å². The van der Waals surface area contributed by atoms with Crippen molar-refractivity contribution in [3.63, 3.8) is 0 Å². The number of aromatic amines is 2. The van der Waals surface area contributed by atoms with E-state index in [1.54, 1.807) is 0 Å². The SMILES string of the molecule is CCCC[N+](C)(CCCC)CCSc1ccc2c(c1)-c1nc-2nc2[nH]c(nc3nc(nc4[nH]c(n1)c1ccc(SCC[N+](C)(CCCC)CCCC)cc41)-c1ccc(SCC[N+](C)(CCCC)CCCC)cc1-3)c1ccc(SCC[N+](C)(CCCC)CCCC)cc21. The molecule has 2 aliphatic heterocycles. The summed E-state index contributed by atoms with van der Waals surface area (Å²) in [4.78, 5) is 45.8. The number of hydrogen-bond donors (Lipinski definition) is 2. The molecule has 7 aromatic rings. The second kappa shape index (κ2) is 34.4. The van der Waals surface area contributed by atoms with Crippen LogP contribution >= 0.6 is 47.0 Å². The average Bonchev–Trinajstić information content (AvgIpc) is 1.61. The number of H-pyrrole nitrogens is 2. The predicted octanol–water partition coefficient (Wildman–Crippen LogP) is 19.4. The van der Waals surface area contributed by atoms with Crippen LogP contribution in [0.25, 0.3) is 89.7 Å². The first-order chi connectivity index (χ1) is 44.6. The molecule has 9 rings (SSSR count). The number of quaternary nitrogens is 4. The molecule has 12 nitrogen and oxygen atoms in total. The topological polar surface area (TPSA) is 109 Å². The summed E-state index contributed by atoms with van der Waals surface area (Å²) >= 11 is 7.80. The van der Waals surface area contributed by atoms with Gasteiger partial charge in [0.15, 0.2) is 23.3 Å². The van der Waals surface area contributed by atoms with E-state index in [2.05, 4.69) is 166 Å². The zero-order chi connectivity index (χ0) is 65.1. The monoisotopic (exact) mass is 1320 g/mol. The Balaban J connectivity index is 1.21. The molecule has 0 aliphatic carbocycles. The molecule has 0 atom stereocenters. The van der Waals surface area contributed by atoms with Gasteiger partial charge >= 0.3 is 0 Å². The van der Waals surface area contributed by atoms with Gasteiger partial charge in [0.2, 0.25) is 0 Å². The molecule has 4 aromatic carbocycles. The highest BCUT2D eigenvalue weighted by molar-refractivity contribution is 8.00. The summed E-state index contributed by atoms with van der Waals surface area (Å²) in [6.45, 7) is 32.9. The molecule has 16 heteroatoms. The Morgan fingerprint density at radius 1 is 0.272 bits per heavy atom. The lowest BCUT2D eigenvalue weighted by atomic mass is 10.1. The summed E-state index contributed by atoms with van der Waals surface area (Å²) in [6.07, 6.45) is 19.9. The van der Waals surface area contributed by atoms with Crippen molar-refractivity contribution in [3.05, 3.63) is 72.8 Å². The van der Waals surface area contributed by atoms with E-state index in [4.69, 9.17) is 29.9 Å². The summed E-state index contributed by atoms with van der Waals surface area (Å²) in [6, 6.07) is 27.4. The molecule has 0 radical (unpaired) electrons. The van der Waals surface area contributed by atoms with E-state index in [9.17, 15) is 0 Å². The summed E-state index contributed by atoms with van der Waals surface area (Å²) < 4.78 is 4.47. The molecule has 5 heterocycles. The number of benzene rings is 4. The van der Waals surface area contributed by atoms with Crippen LogP contribution in [-0.4, -0.2) is 188 Å². The molecule has 2 N–H and O–H groups in total. The fourth-order valence-electron chi connectivity index (χ4n) is 13.3. The Kier molecular flexibility index (Phi) is 26.9. The average molecular weight is 1320 g/mol. The van der Waals surface area contributed by atoms with Gasteiger partial charge in [-0.3, -0.25) is 0 Å². The van der Waals surface area contributed by atoms with Gasteiger partial charge < -0.3 is 27.9 Å². The van der Waals surface area contributed by atoms with Crippen molar-refractivity contribution in [2.24, 2.45) is 0 Å². The van der Waals surface area contributed by atoms with Crippen LogP contribution in [0, 0.1) is 0 Å². The zero-order valence-electron chi connectivity index (χ0n) is 58.7. The summed E-state index contributed by atoms with van der Waals surface area (Å²) in [5, 5.41) is 4.04. The second-order valence-corrected chi connectivity index (χ2v) is 32.5. The third-order valence-corrected chi connectivity index (χ3v) is 23.6. The number of thioether (sulfide) groups is 4. The van der Waals surface area contributed by atoms with Crippen molar-refractivity contribution < 1.29 is 17.9 Å². The Hall–Kier alpha value is -4.52. The number of rotatable bonds is 40. The van der Waals surface area contributed by atoms with Crippen molar-refractivity contribution in [1.29, 1.82) is 0 Å².